The van der Waals surface area contributed by atoms with E-state index in [9.17, 15) is 5.11 Å². The van der Waals surface area contributed by atoms with E-state index >= 15 is 0 Å². The minimum Gasteiger partial charge on any atom is -0.508 e. The number of phenols is 1. The second-order valence-electron chi connectivity index (χ2n) is 6.40. The monoisotopic (exact) mass is 324 g/mol. The van der Waals surface area contributed by atoms with Gasteiger partial charge < -0.3 is 9.84 Å². The molecule has 0 spiro atoms. The van der Waals surface area contributed by atoms with Gasteiger partial charge in [-0.15, -0.1) is 0 Å². The normalized spacial score (nSPS) is 14.0. The maximum absolute atomic E-state index is 9.77. The Bertz CT molecular complexity index is 863. The summed E-state index contributed by atoms with van der Waals surface area (Å²) in [4.78, 5) is 4.47. The Morgan fingerprint density at radius 2 is 1.83 bits per heavy atom. The summed E-state index contributed by atoms with van der Waals surface area (Å²) in [6.45, 7) is 10.1. The van der Waals surface area contributed by atoms with Gasteiger partial charge in [0.05, 0.1) is 16.7 Å². The zero-order chi connectivity index (χ0) is 17.3. The number of hydrogen-bond donors (Lipinski definition) is 1. The Labute approximate surface area is 142 Å². The van der Waals surface area contributed by atoms with Crippen molar-refractivity contribution in [1.82, 2.24) is 9.55 Å². The summed E-state index contributed by atoms with van der Waals surface area (Å²) in [5.74, 6) is 0.288. The molecule has 0 aliphatic carbocycles. The van der Waals surface area contributed by atoms with Gasteiger partial charge in [-0.2, -0.15) is 0 Å². The zero-order valence-corrected chi connectivity index (χ0v) is 14.7. The summed E-state index contributed by atoms with van der Waals surface area (Å²) in [7, 11) is 0. The SMILES string of the molecule is CC1(C)c2ccc(O)cc2-n2cnc3cccc1c32.CCOCC. The van der Waals surface area contributed by atoms with Crippen LogP contribution in [0.4, 0.5) is 0 Å². The fraction of sp³-hybridized carbons (Fsp3) is 0.350. The molecule has 126 valence electrons. The first kappa shape index (κ1) is 16.5. The number of nitrogens with zero attached hydrogens (tertiary/aromatic N) is 2. The number of benzene rings is 2. The zero-order valence-electron chi connectivity index (χ0n) is 14.7. The van der Waals surface area contributed by atoms with E-state index in [1.807, 2.05) is 38.4 Å². The van der Waals surface area contributed by atoms with Crippen molar-refractivity contribution in [2.24, 2.45) is 0 Å². The number of fused-ring (bicyclic) bond motifs is 2. The highest BCUT2D eigenvalue weighted by Crippen LogP contribution is 2.44. The van der Waals surface area contributed by atoms with Crippen molar-refractivity contribution in [3.8, 4) is 11.4 Å². The topological polar surface area (TPSA) is 47.3 Å². The van der Waals surface area contributed by atoms with Gasteiger partial charge in [0.15, 0.2) is 0 Å². The molecule has 0 saturated carbocycles. The third-order valence-electron chi connectivity index (χ3n) is 4.56. The highest BCUT2D eigenvalue weighted by Gasteiger charge is 2.33. The molecular weight excluding hydrogens is 300 g/mol. The molecule has 1 aliphatic rings. The van der Waals surface area contributed by atoms with Gasteiger partial charge in [-0.25, -0.2) is 4.98 Å². The molecule has 2 heterocycles. The predicted molar refractivity (Wildman–Crippen MR) is 97.0 cm³/mol. The number of rotatable bonds is 2. The molecule has 0 amide bonds. The second kappa shape index (κ2) is 6.29. The summed E-state index contributed by atoms with van der Waals surface area (Å²) >= 11 is 0. The van der Waals surface area contributed by atoms with Crippen molar-refractivity contribution in [2.45, 2.75) is 33.1 Å². The maximum atomic E-state index is 9.77. The van der Waals surface area contributed by atoms with Crippen LogP contribution in [0, 0.1) is 0 Å². The summed E-state index contributed by atoms with van der Waals surface area (Å²) in [5, 5.41) is 9.77. The molecule has 3 aromatic rings. The molecule has 4 heteroatoms. The lowest BCUT2D eigenvalue weighted by Crippen LogP contribution is -2.25. The van der Waals surface area contributed by atoms with E-state index in [0.717, 1.165) is 29.9 Å². The predicted octanol–water partition coefficient (Wildman–Crippen LogP) is 4.41. The first-order valence-electron chi connectivity index (χ1n) is 8.38. The fourth-order valence-corrected chi connectivity index (χ4v) is 3.35. The molecule has 2 aromatic carbocycles. The quantitative estimate of drug-likeness (QED) is 0.759. The average Bonchev–Trinajstić information content (AvgIpc) is 2.99. The molecule has 24 heavy (non-hydrogen) atoms. The fourth-order valence-electron chi connectivity index (χ4n) is 3.35. The Morgan fingerprint density at radius 1 is 1.08 bits per heavy atom. The number of hydrogen-bond acceptors (Lipinski definition) is 3. The Hall–Kier alpha value is -2.33. The number of imidazole rings is 1. The lowest BCUT2D eigenvalue weighted by molar-refractivity contribution is 0.162. The molecule has 0 unspecified atom stereocenters. The Morgan fingerprint density at radius 3 is 2.50 bits per heavy atom. The van der Waals surface area contributed by atoms with Crippen molar-refractivity contribution in [2.75, 3.05) is 13.2 Å². The summed E-state index contributed by atoms with van der Waals surface area (Å²) in [6, 6.07) is 11.8. The lowest BCUT2D eigenvalue weighted by Gasteiger charge is -2.33. The number of para-hydroxylation sites is 1. The van der Waals surface area contributed by atoms with E-state index in [-0.39, 0.29) is 11.2 Å². The molecule has 1 aromatic heterocycles. The van der Waals surface area contributed by atoms with Crippen molar-refractivity contribution >= 4 is 11.0 Å². The van der Waals surface area contributed by atoms with E-state index in [4.69, 9.17) is 4.74 Å². The van der Waals surface area contributed by atoms with Crippen molar-refractivity contribution in [3.63, 3.8) is 0 Å². The number of aromatic nitrogens is 2. The van der Waals surface area contributed by atoms with Crippen LogP contribution in [-0.4, -0.2) is 27.9 Å². The third kappa shape index (κ3) is 2.57. The molecule has 4 nitrogen and oxygen atoms in total. The third-order valence-corrected chi connectivity index (χ3v) is 4.56. The van der Waals surface area contributed by atoms with E-state index < -0.39 is 0 Å². The summed E-state index contributed by atoms with van der Waals surface area (Å²) in [5.41, 5.74) is 5.57. The largest absolute Gasteiger partial charge is 0.508 e. The van der Waals surface area contributed by atoms with Crippen LogP contribution < -0.4 is 0 Å². The number of aromatic hydroxyl groups is 1. The Kier molecular flexibility index (Phi) is 4.33. The lowest BCUT2D eigenvalue weighted by atomic mass is 9.75. The van der Waals surface area contributed by atoms with Gasteiger partial charge in [0.1, 0.15) is 12.1 Å². The van der Waals surface area contributed by atoms with E-state index in [1.165, 1.54) is 11.1 Å². The molecule has 0 bridgehead atoms. The van der Waals surface area contributed by atoms with Crippen LogP contribution in [0.25, 0.3) is 16.7 Å². The Balaban J connectivity index is 0.000000300. The van der Waals surface area contributed by atoms with Crippen molar-refractivity contribution < 1.29 is 9.84 Å². The number of ether oxygens (including phenoxy) is 1. The van der Waals surface area contributed by atoms with Gasteiger partial charge in [-0.3, -0.25) is 4.57 Å². The van der Waals surface area contributed by atoms with Crippen LogP contribution in [0.2, 0.25) is 0 Å². The molecule has 4 rings (SSSR count). The first-order valence-corrected chi connectivity index (χ1v) is 8.38. The standard InChI is InChI=1S/C16H14N2O.C4H10O/c1-16(2)11-7-6-10(19)8-14(11)18-9-17-13-5-3-4-12(16)15(13)18;1-3-5-4-2/h3-9,19H,1-2H3;3-4H2,1-2H3. The van der Waals surface area contributed by atoms with Crippen LogP contribution in [-0.2, 0) is 10.2 Å². The van der Waals surface area contributed by atoms with Crippen LogP contribution >= 0.6 is 0 Å². The smallest absolute Gasteiger partial charge is 0.117 e. The minimum absolute atomic E-state index is 0.0847. The molecule has 0 saturated heterocycles. The molecular formula is C20H24N2O2. The van der Waals surface area contributed by atoms with Crippen molar-refractivity contribution in [3.05, 3.63) is 53.9 Å². The molecule has 0 atom stereocenters. The van der Waals surface area contributed by atoms with Gasteiger partial charge >= 0.3 is 0 Å². The van der Waals surface area contributed by atoms with E-state index in [2.05, 4.69) is 35.5 Å². The van der Waals surface area contributed by atoms with E-state index in [1.54, 1.807) is 6.07 Å². The van der Waals surface area contributed by atoms with E-state index in [0.29, 0.717) is 0 Å². The van der Waals surface area contributed by atoms with Gasteiger partial charge in [0.2, 0.25) is 0 Å². The van der Waals surface area contributed by atoms with Crippen LogP contribution in [0.1, 0.15) is 38.8 Å². The summed E-state index contributed by atoms with van der Waals surface area (Å²) in [6.07, 6.45) is 1.84. The van der Waals surface area contributed by atoms with Crippen LogP contribution in [0.5, 0.6) is 5.75 Å². The average molecular weight is 324 g/mol. The highest BCUT2D eigenvalue weighted by atomic mass is 16.5. The summed E-state index contributed by atoms with van der Waals surface area (Å²) < 4.78 is 6.91. The van der Waals surface area contributed by atoms with Crippen molar-refractivity contribution in [1.29, 1.82) is 0 Å². The van der Waals surface area contributed by atoms with Gasteiger partial charge in [0, 0.05) is 24.7 Å². The molecule has 1 N–H and O–H groups in total. The van der Waals surface area contributed by atoms with Gasteiger partial charge in [-0.05, 0) is 37.1 Å². The molecule has 0 radical (unpaired) electrons. The maximum Gasteiger partial charge on any atom is 0.117 e. The van der Waals surface area contributed by atoms with Crippen LogP contribution in [0.15, 0.2) is 42.7 Å². The highest BCUT2D eigenvalue weighted by molar-refractivity contribution is 5.85. The molecule has 1 aliphatic heterocycles. The second-order valence-corrected chi connectivity index (χ2v) is 6.40. The number of phenolic OH excluding ortho intramolecular Hbond substituents is 1. The first-order chi connectivity index (χ1) is 11.5. The van der Waals surface area contributed by atoms with Crippen LogP contribution in [0.3, 0.4) is 0 Å². The molecule has 0 fully saturated rings. The van der Waals surface area contributed by atoms with Gasteiger partial charge in [0.25, 0.3) is 0 Å². The van der Waals surface area contributed by atoms with Gasteiger partial charge in [-0.1, -0.05) is 32.0 Å². The minimum atomic E-state index is -0.0847.